The van der Waals surface area contributed by atoms with Crippen LogP contribution in [-0.2, 0) is 13.0 Å². The van der Waals surface area contributed by atoms with Crippen LogP contribution in [-0.4, -0.2) is 35.1 Å². The molecule has 5 nitrogen and oxygen atoms in total. The van der Waals surface area contributed by atoms with E-state index in [-0.39, 0.29) is 10.7 Å². The number of hydrogen-bond acceptors (Lipinski definition) is 3. The van der Waals surface area contributed by atoms with E-state index in [1.165, 1.54) is 4.57 Å². The van der Waals surface area contributed by atoms with Crippen LogP contribution in [0.1, 0.15) is 31.7 Å². The second-order valence-electron chi connectivity index (χ2n) is 4.94. The van der Waals surface area contributed by atoms with Crippen molar-refractivity contribution in [2.75, 3.05) is 20.6 Å². The van der Waals surface area contributed by atoms with E-state index in [9.17, 15) is 9.59 Å². The normalized spacial score (nSPS) is 11.2. The fourth-order valence-electron chi connectivity index (χ4n) is 1.95. The van der Waals surface area contributed by atoms with E-state index in [4.69, 9.17) is 11.6 Å². The molecule has 0 spiro atoms. The molecule has 1 aromatic heterocycles. The molecule has 0 aliphatic carbocycles. The third-order valence-corrected chi connectivity index (χ3v) is 3.29. The molecule has 0 saturated heterocycles. The van der Waals surface area contributed by atoms with E-state index in [2.05, 4.69) is 9.88 Å². The molecule has 0 saturated carbocycles. The van der Waals surface area contributed by atoms with Crippen LogP contribution in [0.4, 0.5) is 0 Å². The molecule has 0 atom stereocenters. The van der Waals surface area contributed by atoms with Gasteiger partial charge in [-0.15, -0.1) is 0 Å². The van der Waals surface area contributed by atoms with Gasteiger partial charge in [-0.2, -0.15) is 0 Å². The quantitative estimate of drug-likeness (QED) is 0.610. The molecule has 19 heavy (non-hydrogen) atoms. The number of halogens is 1. The highest BCUT2D eigenvalue weighted by molar-refractivity contribution is 6.30. The van der Waals surface area contributed by atoms with Crippen LogP contribution >= 0.6 is 11.6 Å². The van der Waals surface area contributed by atoms with Gasteiger partial charge in [-0.25, -0.2) is 4.79 Å². The van der Waals surface area contributed by atoms with Crippen LogP contribution in [0, 0.1) is 0 Å². The van der Waals surface area contributed by atoms with Gasteiger partial charge in [-0.05, 0) is 39.9 Å². The smallest absolute Gasteiger partial charge is 0.309 e. The number of nitrogens with zero attached hydrogens (tertiary/aromatic N) is 2. The number of unbranched alkanes of at least 4 members (excludes halogenated alkanes) is 1. The molecule has 1 aromatic rings. The molecule has 0 aliphatic heterocycles. The second-order valence-corrected chi connectivity index (χ2v) is 5.32. The highest BCUT2D eigenvalue weighted by Crippen LogP contribution is 2.08. The van der Waals surface area contributed by atoms with Crippen LogP contribution in [0.25, 0.3) is 0 Å². The SMILES string of the molecule is CCCc1c(Cl)[nH]c(=O)n(CCCCN(C)C)c1=O. The van der Waals surface area contributed by atoms with Gasteiger partial charge >= 0.3 is 5.69 Å². The van der Waals surface area contributed by atoms with E-state index < -0.39 is 5.69 Å². The van der Waals surface area contributed by atoms with Crippen LogP contribution in [0.3, 0.4) is 0 Å². The molecular formula is C13H22ClN3O2. The largest absolute Gasteiger partial charge is 0.329 e. The number of aromatic nitrogens is 2. The molecule has 0 radical (unpaired) electrons. The van der Waals surface area contributed by atoms with Crippen molar-refractivity contribution in [1.29, 1.82) is 0 Å². The summed E-state index contributed by atoms with van der Waals surface area (Å²) in [6.45, 7) is 3.36. The first-order chi connectivity index (χ1) is 8.97. The molecule has 0 fully saturated rings. The highest BCUT2D eigenvalue weighted by Gasteiger charge is 2.11. The van der Waals surface area contributed by atoms with Gasteiger partial charge in [0, 0.05) is 6.54 Å². The van der Waals surface area contributed by atoms with Crippen LogP contribution < -0.4 is 11.2 Å². The molecule has 0 amide bonds. The van der Waals surface area contributed by atoms with Gasteiger partial charge in [-0.1, -0.05) is 24.9 Å². The lowest BCUT2D eigenvalue weighted by Crippen LogP contribution is -2.37. The molecule has 108 valence electrons. The van der Waals surface area contributed by atoms with Gasteiger partial charge in [-0.3, -0.25) is 14.3 Å². The zero-order valence-corrected chi connectivity index (χ0v) is 12.6. The highest BCUT2D eigenvalue weighted by atomic mass is 35.5. The lowest BCUT2D eigenvalue weighted by molar-refractivity contribution is 0.385. The Balaban J connectivity index is 2.86. The monoisotopic (exact) mass is 287 g/mol. The summed E-state index contributed by atoms with van der Waals surface area (Å²) in [5.74, 6) is 0. The summed E-state index contributed by atoms with van der Waals surface area (Å²) in [7, 11) is 4.00. The maximum absolute atomic E-state index is 12.2. The first-order valence-corrected chi connectivity index (χ1v) is 7.01. The molecular weight excluding hydrogens is 266 g/mol. The summed E-state index contributed by atoms with van der Waals surface area (Å²) in [6, 6.07) is 0. The van der Waals surface area contributed by atoms with Crippen molar-refractivity contribution in [2.24, 2.45) is 0 Å². The number of H-pyrrole nitrogens is 1. The minimum atomic E-state index is -0.417. The Morgan fingerprint density at radius 3 is 2.53 bits per heavy atom. The Morgan fingerprint density at radius 2 is 1.95 bits per heavy atom. The Hall–Kier alpha value is -1.07. The minimum absolute atomic E-state index is 0.182. The number of hydrogen-bond donors (Lipinski definition) is 1. The van der Waals surface area contributed by atoms with Crippen LogP contribution in [0.15, 0.2) is 9.59 Å². The summed E-state index contributed by atoms with van der Waals surface area (Å²) in [4.78, 5) is 28.6. The second kappa shape index (κ2) is 7.50. The Kier molecular flexibility index (Phi) is 6.31. The average molecular weight is 288 g/mol. The van der Waals surface area contributed by atoms with E-state index in [0.717, 1.165) is 25.8 Å². The molecule has 0 aliphatic rings. The van der Waals surface area contributed by atoms with Gasteiger partial charge in [0.05, 0.1) is 5.56 Å². The van der Waals surface area contributed by atoms with Crippen molar-refractivity contribution in [3.8, 4) is 0 Å². The first kappa shape index (κ1) is 16.0. The van der Waals surface area contributed by atoms with Crippen molar-refractivity contribution in [3.63, 3.8) is 0 Å². The maximum Gasteiger partial charge on any atom is 0.329 e. The van der Waals surface area contributed by atoms with E-state index >= 15 is 0 Å². The fraction of sp³-hybridized carbons (Fsp3) is 0.692. The maximum atomic E-state index is 12.2. The van der Waals surface area contributed by atoms with Gasteiger partial charge in [0.25, 0.3) is 5.56 Å². The summed E-state index contributed by atoms with van der Waals surface area (Å²) in [6.07, 6.45) is 3.16. The third-order valence-electron chi connectivity index (χ3n) is 2.97. The van der Waals surface area contributed by atoms with Gasteiger partial charge in [0.1, 0.15) is 5.15 Å². The van der Waals surface area contributed by atoms with Crippen LogP contribution in [0.2, 0.25) is 5.15 Å². The standard InChI is InChI=1S/C13H22ClN3O2/c1-4-7-10-11(14)15-13(19)17(12(10)18)9-6-5-8-16(2)3/h4-9H2,1-3H3,(H,15,19). The summed E-state index contributed by atoms with van der Waals surface area (Å²) in [5.41, 5.74) is -0.156. The zero-order chi connectivity index (χ0) is 14.4. The number of nitrogens with one attached hydrogen (secondary N) is 1. The molecule has 6 heteroatoms. The molecule has 0 aromatic carbocycles. The molecule has 0 unspecified atom stereocenters. The van der Waals surface area contributed by atoms with Gasteiger partial charge < -0.3 is 4.90 Å². The number of aromatic amines is 1. The Bertz CT molecular complexity index is 520. The van der Waals surface area contributed by atoms with E-state index in [1.807, 2.05) is 21.0 Å². The van der Waals surface area contributed by atoms with Crippen molar-refractivity contribution >= 4 is 11.6 Å². The van der Waals surface area contributed by atoms with Crippen molar-refractivity contribution in [2.45, 2.75) is 39.2 Å². The van der Waals surface area contributed by atoms with E-state index in [0.29, 0.717) is 18.5 Å². The lowest BCUT2D eigenvalue weighted by Gasteiger charge is -2.10. The Morgan fingerprint density at radius 1 is 1.26 bits per heavy atom. The fourth-order valence-corrected chi connectivity index (χ4v) is 2.21. The van der Waals surface area contributed by atoms with Crippen molar-refractivity contribution in [1.82, 2.24) is 14.5 Å². The van der Waals surface area contributed by atoms with Crippen molar-refractivity contribution < 1.29 is 0 Å². The summed E-state index contributed by atoms with van der Waals surface area (Å²) in [5, 5.41) is 0.182. The van der Waals surface area contributed by atoms with E-state index in [1.54, 1.807) is 0 Å². The first-order valence-electron chi connectivity index (χ1n) is 6.63. The zero-order valence-electron chi connectivity index (χ0n) is 11.8. The number of rotatable bonds is 7. The van der Waals surface area contributed by atoms with Gasteiger partial charge in [0.15, 0.2) is 0 Å². The minimum Gasteiger partial charge on any atom is -0.309 e. The predicted molar refractivity (Wildman–Crippen MR) is 78.1 cm³/mol. The van der Waals surface area contributed by atoms with Gasteiger partial charge in [0.2, 0.25) is 0 Å². The summed E-state index contributed by atoms with van der Waals surface area (Å²) < 4.78 is 1.26. The molecule has 1 rings (SSSR count). The third kappa shape index (κ3) is 4.51. The lowest BCUT2D eigenvalue weighted by atomic mass is 10.2. The molecule has 0 bridgehead atoms. The van der Waals surface area contributed by atoms with Crippen LogP contribution in [0.5, 0.6) is 0 Å². The average Bonchev–Trinajstić information content (AvgIpc) is 2.33. The predicted octanol–water partition coefficient (Wildman–Crippen LogP) is 1.48. The summed E-state index contributed by atoms with van der Waals surface area (Å²) >= 11 is 5.91. The topological polar surface area (TPSA) is 58.1 Å². The van der Waals surface area contributed by atoms with Crippen molar-refractivity contribution in [3.05, 3.63) is 31.6 Å². The Labute approximate surface area is 118 Å². The molecule has 1 N–H and O–H groups in total. The molecule has 1 heterocycles.